The van der Waals surface area contributed by atoms with E-state index in [0.717, 1.165) is 18.7 Å². The van der Waals surface area contributed by atoms with Crippen LogP contribution in [0.2, 0.25) is 0 Å². The van der Waals surface area contributed by atoms with Crippen LogP contribution >= 0.6 is 0 Å². The van der Waals surface area contributed by atoms with Crippen LogP contribution in [0.1, 0.15) is 51.3 Å². The molecule has 1 rings (SSSR count). The number of nitrogens with one attached hydrogen (secondary N) is 2. The van der Waals surface area contributed by atoms with Gasteiger partial charge in [-0.15, -0.1) is 0 Å². The van der Waals surface area contributed by atoms with Gasteiger partial charge in [0, 0.05) is 0 Å². The molecule has 1 unspecified atom stereocenters. The summed E-state index contributed by atoms with van der Waals surface area (Å²) in [6.07, 6.45) is -4.43. The van der Waals surface area contributed by atoms with Gasteiger partial charge in [0.1, 0.15) is 5.60 Å². The van der Waals surface area contributed by atoms with Crippen molar-refractivity contribution in [3.63, 3.8) is 0 Å². The number of alkyl carbamates (subject to hydrolysis) is 1. The van der Waals surface area contributed by atoms with Crippen LogP contribution < -0.4 is 10.6 Å². The van der Waals surface area contributed by atoms with E-state index >= 15 is 0 Å². The minimum atomic E-state index is -4.38. The number of hydrogen-bond acceptors (Lipinski definition) is 3. The number of ether oxygens (including phenoxy) is 1. The Morgan fingerprint density at radius 1 is 1.17 bits per heavy atom. The van der Waals surface area contributed by atoms with Crippen molar-refractivity contribution in [2.24, 2.45) is 0 Å². The van der Waals surface area contributed by atoms with E-state index in [1.165, 1.54) is 12.1 Å². The quantitative estimate of drug-likeness (QED) is 0.756. The Bertz CT molecular complexity index is 522. The molecule has 24 heavy (non-hydrogen) atoms. The SMILES string of the molecule is CCNCCC(NC(=O)OC(C)(C)C)c1ccc(C(F)(F)F)cc1. The Hall–Kier alpha value is -1.76. The first kappa shape index (κ1) is 20.3. The van der Waals surface area contributed by atoms with Gasteiger partial charge in [-0.2, -0.15) is 13.2 Å². The average molecular weight is 346 g/mol. The molecular weight excluding hydrogens is 321 g/mol. The highest BCUT2D eigenvalue weighted by Crippen LogP contribution is 2.30. The Kier molecular flexibility index (Phi) is 7.08. The third-order valence-electron chi connectivity index (χ3n) is 3.19. The molecule has 2 N–H and O–H groups in total. The molecule has 0 saturated heterocycles. The Morgan fingerprint density at radius 3 is 2.21 bits per heavy atom. The summed E-state index contributed by atoms with van der Waals surface area (Å²) in [5.41, 5.74) is -0.753. The molecule has 0 heterocycles. The van der Waals surface area contributed by atoms with Gasteiger partial charge in [0.05, 0.1) is 11.6 Å². The lowest BCUT2D eigenvalue weighted by Crippen LogP contribution is -2.36. The van der Waals surface area contributed by atoms with Crippen molar-refractivity contribution >= 4 is 6.09 Å². The normalized spacial score (nSPS) is 13.5. The number of rotatable bonds is 6. The van der Waals surface area contributed by atoms with Crippen LogP contribution in [0.3, 0.4) is 0 Å². The molecule has 0 saturated carbocycles. The highest BCUT2D eigenvalue weighted by Gasteiger charge is 2.30. The summed E-state index contributed by atoms with van der Waals surface area (Å²) < 4.78 is 43.2. The molecule has 7 heteroatoms. The molecule has 1 aromatic rings. The second kappa shape index (κ2) is 8.37. The second-order valence-electron chi connectivity index (χ2n) is 6.46. The molecule has 1 amide bonds. The average Bonchev–Trinajstić information content (AvgIpc) is 2.44. The number of carbonyl (C=O) groups excluding carboxylic acids is 1. The molecule has 0 aliphatic heterocycles. The topological polar surface area (TPSA) is 50.4 Å². The van der Waals surface area contributed by atoms with E-state index in [2.05, 4.69) is 10.6 Å². The van der Waals surface area contributed by atoms with Crippen molar-refractivity contribution in [1.82, 2.24) is 10.6 Å². The van der Waals surface area contributed by atoms with E-state index in [4.69, 9.17) is 4.74 Å². The summed E-state index contributed by atoms with van der Waals surface area (Å²) >= 11 is 0. The second-order valence-corrected chi connectivity index (χ2v) is 6.46. The molecule has 0 fully saturated rings. The molecule has 0 spiro atoms. The van der Waals surface area contributed by atoms with Crippen LogP contribution in [0.25, 0.3) is 0 Å². The highest BCUT2D eigenvalue weighted by atomic mass is 19.4. The summed E-state index contributed by atoms with van der Waals surface area (Å²) in [6.45, 7) is 8.59. The first-order valence-corrected chi connectivity index (χ1v) is 7.90. The third-order valence-corrected chi connectivity index (χ3v) is 3.19. The van der Waals surface area contributed by atoms with Crippen LogP contribution in [0.15, 0.2) is 24.3 Å². The maximum absolute atomic E-state index is 12.7. The zero-order chi connectivity index (χ0) is 18.4. The fourth-order valence-corrected chi connectivity index (χ4v) is 2.10. The highest BCUT2D eigenvalue weighted by molar-refractivity contribution is 5.68. The van der Waals surface area contributed by atoms with E-state index in [-0.39, 0.29) is 0 Å². The Balaban J connectivity index is 2.86. The molecular formula is C17H25F3N2O2. The number of alkyl halides is 3. The van der Waals surface area contributed by atoms with Crippen LogP contribution in [-0.2, 0) is 10.9 Å². The lowest BCUT2D eigenvalue weighted by molar-refractivity contribution is -0.137. The maximum atomic E-state index is 12.7. The standard InChI is InChI=1S/C17H25F3N2O2/c1-5-21-11-10-14(22-15(23)24-16(2,3)4)12-6-8-13(9-7-12)17(18,19)20/h6-9,14,21H,5,10-11H2,1-4H3,(H,22,23). The van der Waals surface area contributed by atoms with E-state index in [1.54, 1.807) is 20.8 Å². The predicted octanol–water partition coefficient (Wildman–Crippen LogP) is 4.27. The van der Waals surface area contributed by atoms with Crippen molar-refractivity contribution in [2.75, 3.05) is 13.1 Å². The molecule has 1 aromatic carbocycles. The fourth-order valence-electron chi connectivity index (χ4n) is 2.10. The molecule has 0 aromatic heterocycles. The summed E-state index contributed by atoms with van der Waals surface area (Å²) in [6, 6.07) is 4.38. The van der Waals surface area contributed by atoms with Gasteiger partial charge in [0.25, 0.3) is 0 Å². The van der Waals surface area contributed by atoms with Crippen molar-refractivity contribution in [3.8, 4) is 0 Å². The molecule has 1 atom stereocenters. The summed E-state index contributed by atoms with van der Waals surface area (Å²) in [7, 11) is 0. The fraction of sp³-hybridized carbons (Fsp3) is 0.588. The van der Waals surface area contributed by atoms with Crippen LogP contribution in [0, 0.1) is 0 Å². The van der Waals surface area contributed by atoms with Gasteiger partial charge in [-0.05, 0) is 58.0 Å². The molecule has 0 radical (unpaired) electrons. The predicted molar refractivity (Wildman–Crippen MR) is 86.7 cm³/mol. The maximum Gasteiger partial charge on any atom is 0.416 e. The number of hydrogen-bond donors (Lipinski definition) is 2. The molecule has 0 aliphatic carbocycles. The summed E-state index contributed by atoms with van der Waals surface area (Å²) in [5.74, 6) is 0. The van der Waals surface area contributed by atoms with Gasteiger partial charge >= 0.3 is 12.3 Å². The minimum absolute atomic E-state index is 0.429. The van der Waals surface area contributed by atoms with Crippen LogP contribution in [-0.4, -0.2) is 24.8 Å². The molecule has 4 nitrogen and oxygen atoms in total. The molecule has 0 aliphatic rings. The summed E-state index contributed by atoms with van der Waals surface area (Å²) in [5, 5.41) is 5.86. The van der Waals surface area contributed by atoms with Crippen molar-refractivity contribution in [1.29, 1.82) is 0 Å². The first-order chi connectivity index (χ1) is 11.0. The third kappa shape index (κ3) is 7.21. The lowest BCUT2D eigenvalue weighted by Gasteiger charge is -2.24. The number of amides is 1. The smallest absolute Gasteiger partial charge is 0.416 e. The number of halogens is 3. The van der Waals surface area contributed by atoms with Gasteiger partial charge in [-0.25, -0.2) is 4.79 Å². The van der Waals surface area contributed by atoms with Crippen molar-refractivity contribution in [2.45, 2.75) is 51.9 Å². The largest absolute Gasteiger partial charge is 0.444 e. The van der Waals surface area contributed by atoms with E-state index in [9.17, 15) is 18.0 Å². The van der Waals surface area contributed by atoms with Crippen molar-refractivity contribution < 1.29 is 22.7 Å². The lowest BCUT2D eigenvalue weighted by atomic mass is 10.0. The minimum Gasteiger partial charge on any atom is -0.444 e. The zero-order valence-corrected chi connectivity index (χ0v) is 14.5. The van der Waals surface area contributed by atoms with Gasteiger partial charge < -0.3 is 15.4 Å². The van der Waals surface area contributed by atoms with Crippen LogP contribution in [0.4, 0.5) is 18.0 Å². The monoisotopic (exact) mass is 346 g/mol. The van der Waals surface area contributed by atoms with E-state index in [0.29, 0.717) is 18.5 Å². The Morgan fingerprint density at radius 2 is 1.75 bits per heavy atom. The molecule has 136 valence electrons. The van der Waals surface area contributed by atoms with Crippen LogP contribution in [0.5, 0.6) is 0 Å². The number of benzene rings is 1. The molecule has 0 bridgehead atoms. The summed E-state index contributed by atoms with van der Waals surface area (Å²) in [4.78, 5) is 12.0. The van der Waals surface area contributed by atoms with Gasteiger partial charge in [0.15, 0.2) is 0 Å². The van der Waals surface area contributed by atoms with Crippen molar-refractivity contribution in [3.05, 3.63) is 35.4 Å². The Labute approximate surface area is 140 Å². The first-order valence-electron chi connectivity index (χ1n) is 7.90. The van der Waals surface area contributed by atoms with E-state index < -0.39 is 29.5 Å². The van der Waals surface area contributed by atoms with Gasteiger partial charge in [-0.1, -0.05) is 19.1 Å². The van der Waals surface area contributed by atoms with E-state index in [1.807, 2.05) is 6.92 Å². The van der Waals surface area contributed by atoms with Gasteiger partial charge in [-0.3, -0.25) is 0 Å². The van der Waals surface area contributed by atoms with Gasteiger partial charge in [0.2, 0.25) is 0 Å². The zero-order valence-electron chi connectivity index (χ0n) is 14.5. The number of carbonyl (C=O) groups is 1.